The average Bonchev–Trinajstić information content (AvgIpc) is 3.57. The van der Waals surface area contributed by atoms with Crippen LogP contribution in [0.25, 0.3) is 0 Å². The van der Waals surface area contributed by atoms with Gasteiger partial charge in [0.05, 0.1) is 37.2 Å². The second-order valence-corrected chi connectivity index (χ2v) is 16.5. The molecule has 3 fully saturated rings. The molecule has 0 aliphatic carbocycles. The largest absolute Gasteiger partial charge is 0.494 e. The van der Waals surface area contributed by atoms with E-state index in [1.54, 1.807) is 26.9 Å². The first-order valence-corrected chi connectivity index (χ1v) is 17.7. The Morgan fingerprint density at radius 3 is 2.26 bits per heavy atom. The second kappa shape index (κ2) is 14.0. The van der Waals surface area contributed by atoms with Crippen molar-refractivity contribution in [3.63, 3.8) is 0 Å². The lowest BCUT2D eigenvalue weighted by Gasteiger charge is -2.47. The zero-order valence-corrected chi connectivity index (χ0v) is 31.0. The first-order valence-electron chi connectivity index (χ1n) is 16.8. The van der Waals surface area contributed by atoms with E-state index in [0.29, 0.717) is 30.9 Å². The van der Waals surface area contributed by atoms with Gasteiger partial charge in [-0.05, 0) is 69.2 Å². The second-order valence-electron chi connectivity index (χ2n) is 15.4. The molecule has 1 N–H and O–H groups in total. The summed E-state index contributed by atoms with van der Waals surface area (Å²) in [7, 11) is 0. The number of anilines is 1. The number of carbonyl (C=O) groups is 3. The van der Waals surface area contributed by atoms with Crippen molar-refractivity contribution in [2.24, 2.45) is 23.2 Å². The standard InChI is InChI=1S/C37H54BrN3O6/c1-11-18-39(24-14-16-25(17-15-24)46-13-3)32(43)28-29-33(44)41(27(21-42)23(4)5)31(37(29)20-26(38)30(28)47-37)34(45)40(19-12-2)36(9,10)22-35(6,7)8/h11-12,14-17,23,26-31,42H,1-2,13,18-22H2,3-10H3/t26?,27-,28+,29-,30+,31?,37?/m0/s1. The summed E-state index contributed by atoms with van der Waals surface area (Å²) in [5.41, 5.74) is -1.29. The summed E-state index contributed by atoms with van der Waals surface area (Å²) >= 11 is 3.80. The van der Waals surface area contributed by atoms with Gasteiger partial charge in [-0.3, -0.25) is 14.4 Å². The molecule has 3 aliphatic heterocycles. The molecule has 3 heterocycles. The van der Waals surface area contributed by atoms with E-state index in [1.165, 1.54) is 0 Å². The number of fused-ring (bicyclic) bond motifs is 1. The first kappa shape index (κ1) is 37.1. The highest BCUT2D eigenvalue weighted by Gasteiger charge is 2.77. The predicted molar refractivity (Wildman–Crippen MR) is 188 cm³/mol. The highest BCUT2D eigenvalue weighted by Crippen LogP contribution is 2.61. The molecule has 47 heavy (non-hydrogen) atoms. The number of ether oxygens (including phenoxy) is 2. The van der Waals surface area contributed by atoms with Gasteiger partial charge in [0.2, 0.25) is 17.7 Å². The Labute approximate surface area is 289 Å². The maximum absolute atomic E-state index is 15.1. The Kier molecular flexibility index (Phi) is 11.1. The topological polar surface area (TPSA) is 99.6 Å². The molecule has 3 unspecified atom stereocenters. The molecule has 7 atom stereocenters. The van der Waals surface area contributed by atoms with Crippen LogP contribution >= 0.6 is 15.9 Å². The van der Waals surface area contributed by atoms with E-state index in [1.807, 2.05) is 58.9 Å². The van der Waals surface area contributed by atoms with Crippen molar-refractivity contribution in [2.75, 3.05) is 31.2 Å². The minimum atomic E-state index is -1.26. The molecule has 1 spiro atoms. The van der Waals surface area contributed by atoms with Gasteiger partial charge in [0.25, 0.3) is 0 Å². The Morgan fingerprint density at radius 1 is 1.13 bits per heavy atom. The van der Waals surface area contributed by atoms with Gasteiger partial charge in [0.1, 0.15) is 17.4 Å². The number of rotatable bonds is 14. The van der Waals surface area contributed by atoms with Crippen molar-refractivity contribution in [1.82, 2.24) is 9.80 Å². The minimum absolute atomic E-state index is 0.0863. The number of alkyl halides is 1. The van der Waals surface area contributed by atoms with Crippen LogP contribution < -0.4 is 9.64 Å². The molecular weight excluding hydrogens is 662 g/mol. The Balaban J connectivity index is 1.84. The molecular formula is C37H54BrN3O6. The lowest BCUT2D eigenvalue weighted by Crippen LogP contribution is -2.63. The van der Waals surface area contributed by atoms with Gasteiger partial charge in [0, 0.05) is 29.1 Å². The molecule has 260 valence electrons. The van der Waals surface area contributed by atoms with E-state index in [2.05, 4.69) is 49.9 Å². The molecule has 1 aromatic carbocycles. The fourth-order valence-electron chi connectivity index (χ4n) is 8.43. The van der Waals surface area contributed by atoms with Crippen molar-refractivity contribution < 1.29 is 29.0 Å². The van der Waals surface area contributed by atoms with E-state index >= 15 is 4.79 Å². The van der Waals surface area contributed by atoms with E-state index in [-0.39, 0.29) is 53.6 Å². The zero-order chi connectivity index (χ0) is 35.1. The van der Waals surface area contributed by atoms with Crippen molar-refractivity contribution >= 4 is 39.3 Å². The number of carbonyl (C=O) groups excluding carboxylic acids is 3. The molecule has 0 radical (unpaired) electrons. The van der Waals surface area contributed by atoms with Crippen LogP contribution in [0.1, 0.15) is 68.2 Å². The summed E-state index contributed by atoms with van der Waals surface area (Å²) in [6.45, 7) is 24.8. The van der Waals surface area contributed by atoms with E-state index < -0.39 is 41.2 Å². The van der Waals surface area contributed by atoms with Crippen molar-refractivity contribution in [1.29, 1.82) is 0 Å². The van der Waals surface area contributed by atoms with Crippen molar-refractivity contribution in [3.8, 4) is 5.75 Å². The molecule has 3 aliphatic rings. The minimum Gasteiger partial charge on any atom is -0.494 e. The van der Waals surface area contributed by atoms with Crippen LogP contribution in [-0.4, -0.2) is 93.1 Å². The molecule has 2 bridgehead atoms. The van der Waals surface area contributed by atoms with Crippen LogP contribution in [0.5, 0.6) is 5.75 Å². The van der Waals surface area contributed by atoms with E-state index in [4.69, 9.17) is 9.47 Å². The number of hydrogen-bond donors (Lipinski definition) is 1. The zero-order valence-electron chi connectivity index (χ0n) is 29.4. The van der Waals surface area contributed by atoms with Gasteiger partial charge < -0.3 is 29.3 Å². The van der Waals surface area contributed by atoms with Gasteiger partial charge in [-0.1, -0.05) is 62.7 Å². The summed E-state index contributed by atoms with van der Waals surface area (Å²) < 4.78 is 12.4. The summed E-state index contributed by atoms with van der Waals surface area (Å²) in [4.78, 5) is 49.4. The highest BCUT2D eigenvalue weighted by atomic mass is 79.9. The highest BCUT2D eigenvalue weighted by molar-refractivity contribution is 9.09. The number of halogens is 1. The number of aliphatic hydroxyl groups excluding tert-OH is 1. The van der Waals surface area contributed by atoms with E-state index in [9.17, 15) is 14.7 Å². The third-order valence-corrected chi connectivity index (χ3v) is 10.7. The fourth-order valence-corrected chi connectivity index (χ4v) is 9.38. The number of likely N-dealkylation sites (tertiary alicyclic amines) is 1. The van der Waals surface area contributed by atoms with Crippen molar-refractivity contribution in [3.05, 3.63) is 49.6 Å². The predicted octanol–water partition coefficient (Wildman–Crippen LogP) is 5.60. The number of aliphatic hydroxyl groups is 1. The summed E-state index contributed by atoms with van der Waals surface area (Å²) in [5, 5.41) is 10.7. The molecule has 0 saturated carbocycles. The normalized spacial score (nSPS) is 27.5. The third kappa shape index (κ3) is 6.79. The summed E-state index contributed by atoms with van der Waals surface area (Å²) in [6.07, 6.45) is 3.83. The number of benzene rings is 1. The van der Waals surface area contributed by atoms with Crippen LogP contribution in [0.15, 0.2) is 49.6 Å². The average molecular weight is 717 g/mol. The van der Waals surface area contributed by atoms with Crippen LogP contribution in [0, 0.1) is 23.2 Å². The third-order valence-electron chi connectivity index (χ3n) is 9.87. The Hall–Kier alpha value is -2.69. The molecule has 9 nitrogen and oxygen atoms in total. The lowest BCUT2D eigenvalue weighted by atomic mass is 9.69. The van der Waals surface area contributed by atoms with Gasteiger partial charge in [-0.15, -0.1) is 13.2 Å². The molecule has 1 aromatic rings. The summed E-state index contributed by atoms with van der Waals surface area (Å²) in [6, 6.07) is 5.60. The van der Waals surface area contributed by atoms with E-state index in [0.717, 1.165) is 0 Å². The molecule has 4 rings (SSSR count). The van der Waals surface area contributed by atoms with Crippen LogP contribution in [0.4, 0.5) is 5.69 Å². The number of amides is 3. The molecule has 3 saturated heterocycles. The van der Waals surface area contributed by atoms with Crippen LogP contribution in [0.3, 0.4) is 0 Å². The molecule has 3 amide bonds. The first-order chi connectivity index (χ1) is 22.0. The maximum Gasteiger partial charge on any atom is 0.249 e. The number of hydrogen-bond acceptors (Lipinski definition) is 6. The van der Waals surface area contributed by atoms with Crippen LogP contribution in [0.2, 0.25) is 0 Å². The van der Waals surface area contributed by atoms with Crippen LogP contribution in [-0.2, 0) is 19.1 Å². The van der Waals surface area contributed by atoms with Gasteiger partial charge >= 0.3 is 0 Å². The summed E-state index contributed by atoms with van der Waals surface area (Å²) in [5.74, 6) is -2.06. The SMILES string of the molecule is C=CCN(C(=O)[C@H]1[C@@H]2OC3(CC2Br)C(C(=O)N(CC=C)C(C)(C)CC(C)(C)C)N([C@@H](CO)C(C)C)C(=O)[C@H]13)c1ccc(OCC)cc1. The maximum atomic E-state index is 15.1. The van der Waals surface area contributed by atoms with Gasteiger partial charge in [-0.25, -0.2) is 0 Å². The fraction of sp³-hybridized carbons (Fsp3) is 0.649. The Morgan fingerprint density at radius 2 is 1.74 bits per heavy atom. The lowest BCUT2D eigenvalue weighted by molar-refractivity contribution is -0.156. The van der Waals surface area contributed by atoms with Crippen molar-refractivity contribution in [2.45, 2.75) is 102 Å². The quantitative estimate of drug-likeness (QED) is 0.199. The number of nitrogens with zero attached hydrogens (tertiary/aromatic N) is 3. The van der Waals surface area contributed by atoms with Gasteiger partial charge in [-0.2, -0.15) is 0 Å². The Bertz CT molecular complexity index is 1340. The van der Waals surface area contributed by atoms with Gasteiger partial charge in [0.15, 0.2) is 0 Å². The molecule has 10 heteroatoms. The monoisotopic (exact) mass is 715 g/mol. The molecule has 0 aromatic heterocycles. The smallest absolute Gasteiger partial charge is 0.249 e.